The third-order valence-electron chi connectivity index (χ3n) is 3.36. The number of amides is 1. The summed E-state index contributed by atoms with van der Waals surface area (Å²) in [6.45, 7) is 5.04. The lowest BCUT2D eigenvalue weighted by Crippen LogP contribution is -2.38. The number of hydrogen-bond donors (Lipinski definition) is 1. The largest absolute Gasteiger partial charge is 0.505 e. The molecule has 4 heteroatoms. The first kappa shape index (κ1) is 11.9. The Morgan fingerprint density at radius 1 is 1.59 bits per heavy atom. The van der Waals surface area contributed by atoms with Gasteiger partial charge in [-0.15, -0.1) is 0 Å². The number of rotatable bonds is 2. The van der Waals surface area contributed by atoms with Crippen molar-refractivity contribution in [2.45, 2.75) is 32.7 Å². The lowest BCUT2D eigenvalue weighted by molar-refractivity contribution is 0.0698. The lowest BCUT2D eigenvalue weighted by Gasteiger charge is -2.27. The fourth-order valence-corrected chi connectivity index (χ4v) is 2.46. The number of pyridine rings is 1. The molecule has 2 heterocycles. The van der Waals surface area contributed by atoms with E-state index in [4.69, 9.17) is 0 Å². The summed E-state index contributed by atoms with van der Waals surface area (Å²) in [5.41, 5.74) is 0.354. The van der Waals surface area contributed by atoms with Crippen molar-refractivity contribution in [1.29, 1.82) is 0 Å². The summed E-state index contributed by atoms with van der Waals surface area (Å²) in [4.78, 5) is 18.0. The molecular weight excluding hydrogens is 216 g/mol. The normalized spacial score (nSPS) is 19.9. The molecule has 0 saturated carbocycles. The topological polar surface area (TPSA) is 53.4 Å². The zero-order valence-electron chi connectivity index (χ0n) is 10.3. The van der Waals surface area contributed by atoms with Gasteiger partial charge in [-0.25, -0.2) is 0 Å². The Morgan fingerprint density at radius 3 is 3.00 bits per heavy atom. The summed E-state index contributed by atoms with van der Waals surface area (Å²) in [6, 6.07) is 1.86. The number of nitrogens with zero attached hydrogens (tertiary/aromatic N) is 2. The van der Waals surface area contributed by atoms with Crippen LogP contribution in [0.1, 0.15) is 37.0 Å². The van der Waals surface area contributed by atoms with E-state index in [9.17, 15) is 9.90 Å². The van der Waals surface area contributed by atoms with Crippen molar-refractivity contribution in [1.82, 2.24) is 9.88 Å². The van der Waals surface area contributed by atoms with Crippen molar-refractivity contribution in [2.24, 2.45) is 5.92 Å². The van der Waals surface area contributed by atoms with Gasteiger partial charge in [-0.1, -0.05) is 13.8 Å². The van der Waals surface area contributed by atoms with Gasteiger partial charge < -0.3 is 10.0 Å². The second-order valence-electron chi connectivity index (χ2n) is 4.84. The number of likely N-dealkylation sites (tertiary alicyclic amines) is 1. The molecular formula is C13H18N2O2. The standard InChI is InChI=1S/C13H18N2O2/c1-9(2)11-4-3-7-15(11)13(17)10-5-6-14-8-12(10)16/h5-6,8-9,11,16H,3-4,7H2,1-2H3. The molecule has 1 N–H and O–H groups in total. The average Bonchev–Trinajstić information content (AvgIpc) is 2.77. The highest BCUT2D eigenvalue weighted by atomic mass is 16.3. The highest BCUT2D eigenvalue weighted by Gasteiger charge is 2.32. The zero-order valence-corrected chi connectivity index (χ0v) is 10.3. The van der Waals surface area contributed by atoms with E-state index < -0.39 is 0 Å². The van der Waals surface area contributed by atoms with Crippen LogP contribution in [-0.4, -0.2) is 33.5 Å². The minimum Gasteiger partial charge on any atom is -0.505 e. The number of carbonyl (C=O) groups excluding carboxylic acids is 1. The number of aromatic hydroxyl groups is 1. The quantitative estimate of drug-likeness (QED) is 0.852. The molecule has 0 bridgehead atoms. The van der Waals surface area contributed by atoms with E-state index in [0.29, 0.717) is 11.5 Å². The molecule has 4 nitrogen and oxygen atoms in total. The lowest BCUT2D eigenvalue weighted by atomic mass is 10.0. The van der Waals surface area contributed by atoms with Crippen molar-refractivity contribution >= 4 is 5.91 Å². The molecule has 0 radical (unpaired) electrons. The minimum atomic E-state index is -0.0823. The van der Waals surface area contributed by atoms with Crippen LogP contribution in [-0.2, 0) is 0 Å². The molecule has 0 aliphatic carbocycles. The van der Waals surface area contributed by atoms with Gasteiger partial charge in [-0.3, -0.25) is 9.78 Å². The Hall–Kier alpha value is -1.58. The van der Waals surface area contributed by atoms with Crippen LogP contribution >= 0.6 is 0 Å². The summed E-state index contributed by atoms with van der Waals surface area (Å²) in [5, 5.41) is 9.66. The minimum absolute atomic E-state index is 0.0353. The second-order valence-corrected chi connectivity index (χ2v) is 4.84. The van der Waals surface area contributed by atoms with E-state index >= 15 is 0 Å². The van der Waals surface area contributed by atoms with Gasteiger partial charge in [0.2, 0.25) is 0 Å². The predicted octanol–water partition coefficient (Wildman–Crippen LogP) is 2.05. The Kier molecular flexibility index (Phi) is 3.31. The molecule has 1 unspecified atom stereocenters. The van der Waals surface area contributed by atoms with Crippen LogP contribution in [0, 0.1) is 5.92 Å². The Morgan fingerprint density at radius 2 is 2.35 bits per heavy atom. The Labute approximate surface area is 101 Å². The van der Waals surface area contributed by atoms with Gasteiger partial charge >= 0.3 is 0 Å². The van der Waals surface area contributed by atoms with E-state index in [0.717, 1.165) is 19.4 Å². The van der Waals surface area contributed by atoms with Crippen LogP contribution in [0.3, 0.4) is 0 Å². The van der Waals surface area contributed by atoms with E-state index in [1.807, 2.05) is 4.90 Å². The van der Waals surface area contributed by atoms with Gasteiger partial charge in [-0.05, 0) is 24.8 Å². The second kappa shape index (κ2) is 4.73. The molecule has 1 fully saturated rings. The van der Waals surface area contributed by atoms with Gasteiger partial charge in [0.15, 0.2) is 0 Å². The number of aromatic nitrogens is 1. The number of hydrogen-bond acceptors (Lipinski definition) is 3. The fourth-order valence-electron chi connectivity index (χ4n) is 2.46. The van der Waals surface area contributed by atoms with Crippen molar-refractivity contribution in [3.05, 3.63) is 24.0 Å². The van der Waals surface area contributed by atoms with Crippen LogP contribution in [0.15, 0.2) is 18.5 Å². The van der Waals surface area contributed by atoms with Crippen molar-refractivity contribution < 1.29 is 9.90 Å². The van der Waals surface area contributed by atoms with E-state index in [1.165, 1.54) is 12.4 Å². The molecule has 0 aromatic carbocycles. The van der Waals surface area contributed by atoms with Gasteiger partial charge in [-0.2, -0.15) is 0 Å². The molecule has 17 heavy (non-hydrogen) atoms. The predicted molar refractivity (Wildman–Crippen MR) is 64.8 cm³/mol. The zero-order chi connectivity index (χ0) is 12.4. The molecule has 2 rings (SSSR count). The molecule has 0 spiro atoms. The van der Waals surface area contributed by atoms with Crippen molar-refractivity contribution in [2.75, 3.05) is 6.54 Å². The van der Waals surface area contributed by atoms with Gasteiger partial charge in [0, 0.05) is 18.8 Å². The molecule has 1 aromatic heterocycles. The summed E-state index contributed by atoms with van der Waals surface area (Å²) >= 11 is 0. The maximum absolute atomic E-state index is 12.3. The Bertz CT molecular complexity index is 418. The molecule has 1 saturated heterocycles. The van der Waals surface area contributed by atoms with Crippen LogP contribution in [0.2, 0.25) is 0 Å². The summed E-state index contributed by atoms with van der Waals surface area (Å²) in [6.07, 6.45) is 4.94. The molecule has 1 atom stereocenters. The molecule has 1 aromatic rings. The summed E-state index contributed by atoms with van der Waals surface area (Å²) in [7, 11) is 0. The summed E-state index contributed by atoms with van der Waals surface area (Å²) < 4.78 is 0. The summed E-state index contributed by atoms with van der Waals surface area (Å²) in [5.74, 6) is 0.332. The maximum Gasteiger partial charge on any atom is 0.257 e. The van der Waals surface area contributed by atoms with Crippen LogP contribution < -0.4 is 0 Å². The van der Waals surface area contributed by atoms with Gasteiger partial charge in [0.25, 0.3) is 5.91 Å². The van der Waals surface area contributed by atoms with Crippen LogP contribution in [0.5, 0.6) is 5.75 Å². The van der Waals surface area contributed by atoms with Gasteiger partial charge in [0.1, 0.15) is 5.75 Å². The molecule has 92 valence electrons. The average molecular weight is 234 g/mol. The third kappa shape index (κ3) is 2.25. The van der Waals surface area contributed by atoms with Crippen LogP contribution in [0.4, 0.5) is 0 Å². The molecule has 1 aliphatic rings. The highest BCUT2D eigenvalue weighted by Crippen LogP contribution is 2.27. The fraction of sp³-hybridized carbons (Fsp3) is 0.538. The number of carbonyl (C=O) groups is 1. The van der Waals surface area contributed by atoms with Crippen molar-refractivity contribution in [3.8, 4) is 5.75 Å². The van der Waals surface area contributed by atoms with Crippen LogP contribution in [0.25, 0.3) is 0 Å². The first-order valence-corrected chi connectivity index (χ1v) is 6.05. The monoisotopic (exact) mass is 234 g/mol. The van der Waals surface area contributed by atoms with Crippen molar-refractivity contribution in [3.63, 3.8) is 0 Å². The third-order valence-corrected chi connectivity index (χ3v) is 3.36. The van der Waals surface area contributed by atoms with Gasteiger partial charge in [0.05, 0.1) is 11.8 Å². The SMILES string of the molecule is CC(C)C1CCCN1C(=O)c1ccncc1O. The smallest absolute Gasteiger partial charge is 0.257 e. The van der Waals surface area contributed by atoms with E-state index in [-0.39, 0.29) is 17.7 Å². The Balaban J connectivity index is 2.23. The van der Waals surface area contributed by atoms with E-state index in [2.05, 4.69) is 18.8 Å². The maximum atomic E-state index is 12.3. The highest BCUT2D eigenvalue weighted by molar-refractivity contribution is 5.97. The molecule has 1 amide bonds. The first-order valence-electron chi connectivity index (χ1n) is 6.05. The first-order chi connectivity index (χ1) is 8.11. The van der Waals surface area contributed by atoms with E-state index in [1.54, 1.807) is 6.07 Å². The molecule has 1 aliphatic heterocycles.